The van der Waals surface area contributed by atoms with Crippen LogP contribution >= 0.6 is 23.2 Å². The Morgan fingerprint density at radius 3 is 2.28 bits per heavy atom. The van der Waals surface area contributed by atoms with E-state index >= 15 is 0 Å². The Hall–Kier alpha value is -2.13. The number of imidazole rings is 2. The topological polar surface area (TPSA) is 78.5 Å². The maximum absolute atomic E-state index is 6.15. The minimum Gasteiger partial charge on any atom is -0.381 e. The number of ether oxygens (including phenoxy) is 2. The fourth-order valence-electron chi connectivity index (χ4n) is 4.46. The summed E-state index contributed by atoms with van der Waals surface area (Å²) in [5.41, 5.74) is 1.72. The van der Waals surface area contributed by atoms with Crippen molar-refractivity contribution in [1.82, 2.24) is 29.2 Å². The van der Waals surface area contributed by atoms with Gasteiger partial charge in [-0.25, -0.2) is 15.0 Å². The van der Waals surface area contributed by atoms with Gasteiger partial charge in [0.1, 0.15) is 22.7 Å². The molecule has 3 aromatic rings. The van der Waals surface area contributed by atoms with Gasteiger partial charge in [-0.05, 0) is 25.7 Å². The van der Waals surface area contributed by atoms with Gasteiger partial charge in [-0.3, -0.25) is 4.40 Å². The van der Waals surface area contributed by atoms with Crippen LogP contribution in [0.1, 0.15) is 60.4 Å². The number of rotatable bonds is 2. The first-order valence-electron chi connectivity index (χ1n) is 11.0. The molecule has 0 spiro atoms. The van der Waals surface area contributed by atoms with Crippen LogP contribution in [0.3, 0.4) is 0 Å². The van der Waals surface area contributed by atoms with Crippen molar-refractivity contribution in [3.8, 4) is 0 Å². The molecule has 6 rings (SSSR count). The molecule has 10 heteroatoms. The minimum absolute atomic E-state index is 0.175. The van der Waals surface area contributed by atoms with Gasteiger partial charge in [0.05, 0.1) is 18.1 Å². The lowest BCUT2D eigenvalue weighted by molar-refractivity contribution is 0.0833. The van der Waals surface area contributed by atoms with Gasteiger partial charge in [-0.2, -0.15) is 0 Å². The highest BCUT2D eigenvalue weighted by atomic mass is 35.5. The number of nitrogens with one attached hydrogen (secondary N) is 1. The minimum atomic E-state index is -0.175. The van der Waals surface area contributed by atoms with Gasteiger partial charge in [-0.15, -0.1) is 0 Å². The maximum atomic E-state index is 6.15. The molecule has 3 aliphatic rings. The van der Waals surface area contributed by atoms with Crippen LogP contribution in [0, 0.1) is 0 Å². The third-order valence-electron chi connectivity index (χ3n) is 6.19. The van der Waals surface area contributed by atoms with Crippen LogP contribution < -0.4 is 5.32 Å². The summed E-state index contributed by atoms with van der Waals surface area (Å²) >= 11 is 12.2. The number of hydrogen-bond acceptors (Lipinski definition) is 6. The Morgan fingerprint density at radius 2 is 1.56 bits per heavy atom. The first kappa shape index (κ1) is 21.7. The number of nitrogens with zero attached hydrogens (tertiary/aromatic N) is 5. The predicted octanol–water partition coefficient (Wildman–Crippen LogP) is 4.32. The van der Waals surface area contributed by atoms with Gasteiger partial charge in [-0.1, -0.05) is 23.2 Å². The molecule has 32 heavy (non-hydrogen) atoms. The average Bonchev–Trinajstić information content (AvgIpc) is 3.47. The molecule has 0 amide bonds. The van der Waals surface area contributed by atoms with Crippen molar-refractivity contribution >= 4 is 34.9 Å². The number of halogens is 2. The molecule has 6 heterocycles. The molecule has 0 aliphatic carbocycles. The van der Waals surface area contributed by atoms with E-state index in [1.165, 1.54) is 0 Å². The van der Waals surface area contributed by atoms with Crippen molar-refractivity contribution < 1.29 is 9.47 Å². The van der Waals surface area contributed by atoms with Crippen LogP contribution in [0.5, 0.6) is 0 Å². The molecule has 3 aliphatic heterocycles. The van der Waals surface area contributed by atoms with Crippen molar-refractivity contribution in [2.45, 2.75) is 43.0 Å². The summed E-state index contributed by atoms with van der Waals surface area (Å²) in [6.45, 7) is 3.30. The molecule has 1 unspecified atom stereocenters. The lowest BCUT2D eigenvalue weighted by Gasteiger charge is -2.24. The van der Waals surface area contributed by atoms with Crippen LogP contribution in [0.2, 0.25) is 5.15 Å². The summed E-state index contributed by atoms with van der Waals surface area (Å²) in [7, 11) is 0. The van der Waals surface area contributed by atoms with E-state index < -0.39 is 0 Å². The second-order valence-corrected chi connectivity index (χ2v) is 8.91. The van der Waals surface area contributed by atoms with Gasteiger partial charge in [0, 0.05) is 63.1 Å². The summed E-state index contributed by atoms with van der Waals surface area (Å²) in [6, 6.07) is 0. The fraction of sp³-hybridized carbons (Fsp3) is 0.500. The van der Waals surface area contributed by atoms with E-state index in [2.05, 4.69) is 24.8 Å². The largest absolute Gasteiger partial charge is 0.381 e. The van der Waals surface area contributed by atoms with Crippen LogP contribution in [-0.4, -0.2) is 50.3 Å². The third kappa shape index (κ3) is 4.37. The van der Waals surface area contributed by atoms with E-state index in [4.69, 9.17) is 32.7 Å². The van der Waals surface area contributed by atoms with E-state index in [1.807, 2.05) is 29.2 Å². The number of aromatic nitrogens is 5. The summed E-state index contributed by atoms with van der Waals surface area (Å²) in [6.07, 6.45) is 15.3. The molecular weight excluding hydrogens is 451 g/mol. The van der Waals surface area contributed by atoms with E-state index in [9.17, 15) is 0 Å². The smallest absolute Gasteiger partial charge is 0.154 e. The highest BCUT2D eigenvalue weighted by molar-refractivity contribution is 6.32. The summed E-state index contributed by atoms with van der Waals surface area (Å²) in [5, 5.41) is 3.56. The van der Waals surface area contributed by atoms with Crippen molar-refractivity contribution in [3.63, 3.8) is 0 Å². The molecule has 0 saturated carbocycles. The summed E-state index contributed by atoms with van der Waals surface area (Å²) in [5.74, 6) is 3.15. The standard InChI is InChI=1S/C11H14ClN3O.C11H12ClN3O/c2*12-10-9-7-14-11(15(9)4-3-13-10)8-1-5-16-6-2-8/h3-4,7-8,10,13H,1-2,5-6H2;3-4,7-8H,1-2,5-6H2. The van der Waals surface area contributed by atoms with E-state index in [1.54, 1.807) is 12.4 Å². The normalized spacial score (nSPS) is 21.6. The second kappa shape index (κ2) is 9.79. The summed E-state index contributed by atoms with van der Waals surface area (Å²) in [4.78, 5) is 13.0. The molecule has 170 valence electrons. The number of alkyl halides is 1. The number of hydrogen-bond donors (Lipinski definition) is 1. The van der Waals surface area contributed by atoms with Crippen molar-refractivity contribution in [1.29, 1.82) is 0 Å². The zero-order valence-corrected chi connectivity index (χ0v) is 19.2. The molecule has 1 N–H and O–H groups in total. The van der Waals surface area contributed by atoms with E-state index in [-0.39, 0.29) is 5.50 Å². The zero-order chi connectivity index (χ0) is 21.9. The van der Waals surface area contributed by atoms with Gasteiger partial charge >= 0.3 is 0 Å². The van der Waals surface area contributed by atoms with Crippen molar-refractivity contribution in [2.24, 2.45) is 0 Å². The molecule has 1 atom stereocenters. The molecule has 0 bridgehead atoms. The monoisotopic (exact) mass is 476 g/mol. The average molecular weight is 477 g/mol. The van der Waals surface area contributed by atoms with Crippen LogP contribution in [-0.2, 0) is 9.47 Å². The quantitative estimate of drug-likeness (QED) is 0.438. The summed E-state index contributed by atoms with van der Waals surface area (Å²) < 4.78 is 14.9. The SMILES string of the molecule is ClC1NC=Cn2c1cnc2C1CCOCC1.Clc1nccn2c(C3CCOCC3)ncc12. The lowest BCUT2D eigenvalue weighted by atomic mass is 9.99. The second-order valence-electron chi connectivity index (χ2n) is 8.12. The molecule has 2 saturated heterocycles. The lowest BCUT2D eigenvalue weighted by Crippen LogP contribution is -2.21. The van der Waals surface area contributed by atoms with E-state index in [0.29, 0.717) is 17.0 Å². The van der Waals surface area contributed by atoms with Crippen molar-refractivity contribution in [2.75, 3.05) is 26.4 Å². The van der Waals surface area contributed by atoms with Crippen LogP contribution in [0.4, 0.5) is 0 Å². The Labute approximate surface area is 196 Å². The third-order valence-corrected chi connectivity index (χ3v) is 6.83. The van der Waals surface area contributed by atoms with Crippen LogP contribution in [0.25, 0.3) is 11.7 Å². The molecular formula is C22H26Cl2N6O2. The fourth-order valence-corrected chi connectivity index (χ4v) is 4.89. The Kier molecular flexibility index (Phi) is 6.64. The van der Waals surface area contributed by atoms with Crippen molar-refractivity contribution in [3.05, 3.63) is 53.5 Å². The van der Waals surface area contributed by atoms with Gasteiger partial charge in [0.2, 0.25) is 0 Å². The highest BCUT2D eigenvalue weighted by Crippen LogP contribution is 2.31. The Bertz CT molecular complexity index is 1090. The number of fused-ring (bicyclic) bond motifs is 2. The predicted molar refractivity (Wildman–Crippen MR) is 123 cm³/mol. The molecule has 3 aromatic heterocycles. The van der Waals surface area contributed by atoms with Gasteiger partial charge in [0.15, 0.2) is 5.15 Å². The molecule has 0 radical (unpaired) electrons. The first-order chi connectivity index (χ1) is 15.7. The first-order valence-corrected chi connectivity index (χ1v) is 11.8. The maximum Gasteiger partial charge on any atom is 0.154 e. The molecule has 8 nitrogen and oxygen atoms in total. The van der Waals surface area contributed by atoms with Gasteiger partial charge < -0.3 is 19.4 Å². The van der Waals surface area contributed by atoms with E-state index in [0.717, 1.165) is 75.0 Å². The highest BCUT2D eigenvalue weighted by Gasteiger charge is 2.25. The molecule has 2 fully saturated rings. The zero-order valence-electron chi connectivity index (χ0n) is 17.7. The van der Waals surface area contributed by atoms with Gasteiger partial charge in [0.25, 0.3) is 0 Å². The van der Waals surface area contributed by atoms with Crippen LogP contribution in [0.15, 0.2) is 31.0 Å². The molecule has 0 aromatic carbocycles. The Balaban J connectivity index is 0.000000135. The Morgan fingerprint density at radius 1 is 0.906 bits per heavy atom.